The molecule has 2 aliphatic carbocycles. The Morgan fingerprint density at radius 1 is 0.691 bits per heavy atom. The van der Waals surface area contributed by atoms with Gasteiger partial charge in [0.05, 0.1) is 54.1 Å². The van der Waals surface area contributed by atoms with Crippen molar-refractivity contribution < 1.29 is 18.3 Å². The molecular formula is C45H48F2N6O2. The number of carbonyl (C=O) groups excluding carboxylic acids is 1. The van der Waals surface area contributed by atoms with Crippen LogP contribution in [-0.2, 0) is 15.8 Å². The Morgan fingerprint density at radius 3 is 1.49 bits per heavy atom. The van der Waals surface area contributed by atoms with E-state index in [4.69, 9.17) is 10.5 Å². The zero-order chi connectivity index (χ0) is 39.0. The molecule has 0 spiro atoms. The molecule has 1 amide bonds. The smallest absolute Gasteiger partial charge is 0.408 e. The van der Waals surface area contributed by atoms with E-state index in [0.29, 0.717) is 0 Å². The number of rotatable bonds is 9. The Balaban J connectivity index is 0.000000174. The number of aromatic nitrogens is 4. The lowest BCUT2D eigenvalue weighted by molar-refractivity contribution is 0.0495. The number of amides is 1. The third-order valence-electron chi connectivity index (χ3n) is 10.6. The first kappa shape index (κ1) is 37.7. The molecule has 0 saturated heterocycles. The number of halogens is 2. The van der Waals surface area contributed by atoms with Gasteiger partial charge in [-0.15, -0.1) is 0 Å². The minimum Gasteiger partial charge on any atom is -0.444 e. The van der Waals surface area contributed by atoms with Gasteiger partial charge < -0.3 is 24.9 Å². The Labute approximate surface area is 321 Å². The largest absolute Gasteiger partial charge is 0.444 e. The summed E-state index contributed by atoms with van der Waals surface area (Å²) in [7, 11) is 0. The molecular weight excluding hydrogens is 695 g/mol. The first-order chi connectivity index (χ1) is 26.2. The number of imidazole rings is 2. The number of nitrogens with two attached hydrogens (primary N) is 1. The quantitative estimate of drug-likeness (QED) is 0.154. The van der Waals surface area contributed by atoms with Crippen LogP contribution < -0.4 is 11.1 Å². The first-order valence-electron chi connectivity index (χ1n) is 18.8. The number of alkyl carbamates (subject to hydrolysis) is 1. The number of hydrogen-bond acceptors (Lipinski definition) is 5. The predicted octanol–water partition coefficient (Wildman–Crippen LogP) is 10.1. The number of benzene rings is 4. The van der Waals surface area contributed by atoms with Crippen LogP contribution in [0.25, 0.3) is 22.5 Å². The second-order valence-corrected chi connectivity index (χ2v) is 15.8. The highest BCUT2D eigenvalue weighted by Gasteiger charge is 2.46. The zero-order valence-corrected chi connectivity index (χ0v) is 32.0. The van der Waals surface area contributed by atoms with Gasteiger partial charge in [0.25, 0.3) is 0 Å². The molecule has 2 saturated carbocycles. The fraction of sp³-hybridized carbons (Fsp3) is 0.311. The highest BCUT2D eigenvalue weighted by Crippen LogP contribution is 2.46. The molecule has 8 nitrogen and oxygen atoms in total. The monoisotopic (exact) mass is 742 g/mol. The second kappa shape index (κ2) is 14.9. The van der Waals surface area contributed by atoms with Crippen molar-refractivity contribution >= 4 is 6.09 Å². The molecule has 10 heteroatoms. The SMILES string of the molecule is C[C@H](c1ccc(F)cc1)n1cncc1-c1ccc(C2(N)CC2)cc1.C[C@H](c1ccc(F)cc1)n1cncc1-c1ccc(C2(NC(=O)OC(C)(C)C)CC2)cc1. The zero-order valence-electron chi connectivity index (χ0n) is 32.0. The molecule has 3 N–H and O–H groups in total. The molecule has 0 bridgehead atoms. The minimum atomic E-state index is -0.524. The standard InChI is InChI=1S/C25H28FN3O2.C20H20FN3/c1-17(18-7-11-21(26)12-8-18)29-16-27-15-22(29)19-5-9-20(10-6-19)25(13-14-25)28-23(30)31-24(2,3)4;1-14(15-4-8-18(21)9-5-15)24-13-23-12-19(24)16-2-6-17(7-3-16)20(22)10-11-20/h5-12,15-17H,13-14H2,1-4H3,(H,28,30);2-9,12-14H,10-11,22H2,1H3/t17-;14-/m11/s1. The Kier molecular flexibility index (Phi) is 10.2. The van der Waals surface area contributed by atoms with E-state index in [1.54, 1.807) is 18.5 Å². The van der Waals surface area contributed by atoms with Gasteiger partial charge in [-0.2, -0.15) is 0 Å². The van der Waals surface area contributed by atoms with Crippen molar-refractivity contribution in [1.29, 1.82) is 0 Å². The molecule has 6 aromatic rings. The summed E-state index contributed by atoms with van der Waals surface area (Å²) in [4.78, 5) is 20.9. The van der Waals surface area contributed by atoms with Crippen molar-refractivity contribution in [3.05, 3.63) is 156 Å². The molecule has 0 radical (unpaired) electrons. The van der Waals surface area contributed by atoms with E-state index in [-0.39, 0.29) is 40.9 Å². The van der Waals surface area contributed by atoms with E-state index in [1.807, 2.05) is 51.6 Å². The van der Waals surface area contributed by atoms with Gasteiger partial charge in [-0.3, -0.25) is 0 Å². The molecule has 2 fully saturated rings. The Hall–Kier alpha value is -5.61. The number of carbonyl (C=O) groups is 1. The number of hydrogen-bond donors (Lipinski definition) is 2. The number of nitrogens with zero attached hydrogens (tertiary/aromatic N) is 4. The minimum absolute atomic E-state index is 0.0152. The highest BCUT2D eigenvalue weighted by atomic mass is 19.1. The van der Waals surface area contributed by atoms with E-state index in [2.05, 4.69) is 86.8 Å². The maximum atomic E-state index is 13.3. The average Bonchev–Trinajstić information content (AvgIpc) is 3.97. The number of ether oxygens (including phenoxy) is 1. The van der Waals surface area contributed by atoms with Gasteiger partial charge >= 0.3 is 6.09 Å². The van der Waals surface area contributed by atoms with Gasteiger partial charge in [0.15, 0.2) is 0 Å². The fourth-order valence-corrected chi connectivity index (χ4v) is 6.94. The lowest BCUT2D eigenvalue weighted by Crippen LogP contribution is -2.39. The van der Waals surface area contributed by atoms with Crippen molar-refractivity contribution in [2.24, 2.45) is 5.73 Å². The predicted molar refractivity (Wildman–Crippen MR) is 211 cm³/mol. The summed E-state index contributed by atoms with van der Waals surface area (Å²) in [5.41, 5.74) is 13.8. The van der Waals surface area contributed by atoms with E-state index >= 15 is 0 Å². The molecule has 4 aromatic carbocycles. The molecule has 55 heavy (non-hydrogen) atoms. The summed E-state index contributed by atoms with van der Waals surface area (Å²) in [5, 5.41) is 3.04. The average molecular weight is 743 g/mol. The summed E-state index contributed by atoms with van der Waals surface area (Å²) in [6.45, 7) is 9.73. The van der Waals surface area contributed by atoms with Crippen LogP contribution in [0.3, 0.4) is 0 Å². The summed E-state index contributed by atoms with van der Waals surface area (Å²) in [6.07, 6.45) is 10.8. The molecule has 2 aromatic heterocycles. The van der Waals surface area contributed by atoms with Crippen LogP contribution >= 0.6 is 0 Å². The summed E-state index contributed by atoms with van der Waals surface area (Å²) < 4.78 is 36.0. The summed E-state index contributed by atoms with van der Waals surface area (Å²) in [5.74, 6) is -0.463. The third-order valence-corrected chi connectivity index (χ3v) is 10.6. The lowest BCUT2D eigenvalue weighted by Gasteiger charge is -2.24. The van der Waals surface area contributed by atoms with Crippen molar-refractivity contribution in [3.63, 3.8) is 0 Å². The van der Waals surface area contributed by atoms with Gasteiger partial charge in [-0.05, 0) is 118 Å². The van der Waals surface area contributed by atoms with Crippen LogP contribution in [-0.4, -0.2) is 30.8 Å². The van der Waals surface area contributed by atoms with Crippen LogP contribution in [0.5, 0.6) is 0 Å². The summed E-state index contributed by atoms with van der Waals surface area (Å²) in [6, 6.07) is 29.9. The lowest BCUT2D eigenvalue weighted by atomic mass is 10.0. The van der Waals surface area contributed by atoms with Gasteiger partial charge in [0.1, 0.15) is 17.2 Å². The summed E-state index contributed by atoms with van der Waals surface area (Å²) >= 11 is 0. The molecule has 2 aliphatic rings. The van der Waals surface area contributed by atoms with Gasteiger partial charge in [0.2, 0.25) is 0 Å². The Bertz CT molecular complexity index is 2230. The van der Waals surface area contributed by atoms with Gasteiger partial charge in [-0.25, -0.2) is 23.5 Å². The van der Waals surface area contributed by atoms with Crippen molar-refractivity contribution in [1.82, 2.24) is 24.4 Å². The van der Waals surface area contributed by atoms with Crippen LogP contribution in [0.1, 0.15) is 94.6 Å². The molecule has 0 aliphatic heterocycles. The third kappa shape index (κ3) is 8.55. The van der Waals surface area contributed by atoms with E-state index in [1.165, 1.54) is 29.8 Å². The fourth-order valence-electron chi connectivity index (χ4n) is 6.94. The van der Waals surface area contributed by atoms with Gasteiger partial charge in [0, 0.05) is 5.54 Å². The van der Waals surface area contributed by atoms with Crippen LogP contribution in [0.4, 0.5) is 13.6 Å². The normalized spacial score (nSPS) is 16.3. The Morgan fingerprint density at radius 2 is 1.11 bits per heavy atom. The molecule has 284 valence electrons. The van der Waals surface area contributed by atoms with Crippen LogP contribution in [0.2, 0.25) is 0 Å². The molecule has 2 atom stereocenters. The van der Waals surface area contributed by atoms with Crippen LogP contribution in [0, 0.1) is 11.6 Å². The molecule has 8 rings (SSSR count). The van der Waals surface area contributed by atoms with E-state index in [0.717, 1.165) is 64.9 Å². The van der Waals surface area contributed by atoms with Crippen molar-refractivity contribution in [3.8, 4) is 22.5 Å². The molecule has 2 heterocycles. The maximum Gasteiger partial charge on any atom is 0.408 e. The first-order valence-corrected chi connectivity index (χ1v) is 18.8. The van der Waals surface area contributed by atoms with Crippen LogP contribution in [0.15, 0.2) is 122 Å². The maximum absolute atomic E-state index is 13.3. The van der Waals surface area contributed by atoms with E-state index in [9.17, 15) is 13.6 Å². The van der Waals surface area contributed by atoms with Crippen molar-refractivity contribution in [2.75, 3.05) is 0 Å². The van der Waals surface area contributed by atoms with Gasteiger partial charge in [-0.1, -0.05) is 72.8 Å². The highest BCUT2D eigenvalue weighted by molar-refractivity contribution is 5.70. The topological polar surface area (TPSA) is 100.0 Å². The molecule has 0 unspecified atom stereocenters. The van der Waals surface area contributed by atoms with Crippen molar-refractivity contribution in [2.45, 2.75) is 89.1 Å². The van der Waals surface area contributed by atoms with E-state index < -0.39 is 5.60 Å². The second-order valence-electron chi connectivity index (χ2n) is 15.8. The number of nitrogens with one attached hydrogen (secondary N) is 1.